The van der Waals surface area contributed by atoms with Crippen molar-refractivity contribution in [2.75, 3.05) is 20.8 Å². The zero-order chi connectivity index (χ0) is 12.8. The molecule has 2 atom stereocenters. The van der Waals surface area contributed by atoms with E-state index in [2.05, 4.69) is 49.1 Å². The molecule has 3 nitrogen and oxygen atoms in total. The fraction of sp³-hybridized carbons (Fsp3) is 0.583. The molecule has 0 bridgehead atoms. The third kappa shape index (κ3) is 4.32. The highest BCUT2D eigenvalue weighted by Gasteiger charge is 2.21. The maximum Gasteiger partial charge on any atom is 0.0718 e. The van der Waals surface area contributed by atoms with Crippen LogP contribution in [0.4, 0.5) is 0 Å². The Morgan fingerprint density at radius 1 is 1.47 bits per heavy atom. The van der Waals surface area contributed by atoms with Crippen molar-refractivity contribution >= 4 is 31.9 Å². The number of methoxy groups -OCH3 is 1. The maximum absolute atomic E-state index is 5.12. The predicted octanol–water partition coefficient (Wildman–Crippen LogP) is 3.54. The minimum absolute atomic E-state index is 0.229. The fourth-order valence-corrected chi connectivity index (χ4v) is 3.05. The average molecular weight is 366 g/mol. The zero-order valence-corrected chi connectivity index (χ0v) is 13.5. The molecular formula is C12H18Br2N2O. The van der Waals surface area contributed by atoms with E-state index in [-0.39, 0.29) is 6.04 Å². The molecule has 0 aromatic carbocycles. The molecule has 0 aliphatic carbocycles. The van der Waals surface area contributed by atoms with Crippen LogP contribution >= 0.6 is 31.9 Å². The Balaban J connectivity index is 2.85. The molecule has 2 unspecified atom stereocenters. The van der Waals surface area contributed by atoms with Gasteiger partial charge in [-0.05, 0) is 57.3 Å². The van der Waals surface area contributed by atoms with Crippen LogP contribution < -0.4 is 5.32 Å². The molecule has 0 aliphatic heterocycles. The first-order valence-corrected chi connectivity index (χ1v) is 7.15. The van der Waals surface area contributed by atoms with Gasteiger partial charge in [-0.3, -0.25) is 4.98 Å². The zero-order valence-electron chi connectivity index (χ0n) is 10.3. The molecular weight excluding hydrogens is 348 g/mol. The average Bonchev–Trinajstić information content (AvgIpc) is 2.30. The van der Waals surface area contributed by atoms with Crippen molar-refractivity contribution in [2.45, 2.75) is 19.4 Å². The van der Waals surface area contributed by atoms with E-state index >= 15 is 0 Å². The molecule has 5 heteroatoms. The molecule has 96 valence electrons. The number of aromatic nitrogens is 1. The van der Waals surface area contributed by atoms with Crippen LogP contribution in [0.15, 0.2) is 21.2 Å². The van der Waals surface area contributed by atoms with E-state index in [1.54, 1.807) is 7.11 Å². The van der Waals surface area contributed by atoms with Crippen molar-refractivity contribution in [1.29, 1.82) is 0 Å². The van der Waals surface area contributed by atoms with Crippen LogP contribution in [0.3, 0.4) is 0 Å². The lowest BCUT2D eigenvalue weighted by Crippen LogP contribution is -2.25. The Morgan fingerprint density at radius 2 is 2.18 bits per heavy atom. The van der Waals surface area contributed by atoms with Gasteiger partial charge in [0.1, 0.15) is 0 Å². The molecule has 0 saturated carbocycles. The molecule has 0 fully saturated rings. The van der Waals surface area contributed by atoms with Gasteiger partial charge in [0.15, 0.2) is 0 Å². The fourth-order valence-electron chi connectivity index (χ4n) is 1.82. The highest BCUT2D eigenvalue weighted by Crippen LogP contribution is 2.30. The summed E-state index contributed by atoms with van der Waals surface area (Å²) in [6.45, 7) is 2.98. The van der Waals surface area contributed by atoms with Crippen LogP contribution in [0.25, 0.3) is 0 Å². The molecule has 0 radical (unpaired) electrons. The molecule has 1 aromatic rings. The van der Waals surface area contributed by atoms with Gasteiger partial charge in [-0.1, -0.05) is 6.92 Å². The number of hydrogen-bond acceptors (Lipinski definition) is 3. The summed E-state index contributed by atoms with van der Waals surface area (Å²) >= 11 is 6.97. The van der Waals surface area contributed by atoms with Gasteiger partial charge in [-0.15, -0.1) is 0 Å². The third-order valence-corrected chi connectivity index (χ3v) is 3.86. The van der Waals surface area contributed by atoms with E-state index in [0.717, 1.165) is 27.7 Å². The standard InChI is InChI=1S/C12H18Br2N2O/c1-8(4-5-17-3)11(15-2)12-10(14)6-9(13)7-16-12/h6-8,11,15H,4-5H2,1-3H3. The number of nitrogens with one attached hydrogen (secondary N) is 1. The summed E-state index contributed by atoms with van der Waals surface area (Å²) in [4.78, 5) is 4.48. The number of rotatable bonds is 6. The first-order chi connectivity index (χ1) is 8.10. The predicted molar refractivity (Wildman–Crippen MR) is 77.1 cm³/mol. The Bertz CT molecular complexity index is 360. The van der Waals surface area contributed by atoms with Crippen LogP contribution in [0, 0.1) is 5.92 Å². The van der Waals surface area contributed by atoms with E-state index in [1.165, 1.54) is 0 Å². The van der Waals surface area contributed by atoms with Gasteiger partial charge in [0, 0.05) is 28.9 Å². The maximum atomic E-state index is 5.12. The Morgan fingerprint density at radius 3 is 2.71 bits per heavy atom. The quantitative estimate of drug-likeness (QED) is 0.837. The summed E-state index contributed by atoms with van der Waals surface area (Å²) in [5.74, 6) is 0.463. The van der Waals surface area contributed by atoms with Crippen LogP contribution in [-0.4, -0.2) is 25.7 Å². The van der Waals surface area contributed by atoms with E-state index in [9.17, 15) is 0 Å². The monoisotopic (exact) mass is 364 g/mol. The van der Waals surface area contributed by atoms with Gasteiger partial charge in [0.2, 0.25) is 0 Å². The molecule has 0 aliphatic rings. The lowest BCUT2D eigenvalue weighted by Gasteiger charge is -2.23. The highest BCUT2D eigenvalue weighted by atomic mass is 79.9. The van der Waals surface area contributed by atoms with Crippen LogP contribution in [0.1, 0.15) is 25.1 Å². The summed E-state index contributed by atoms with van der Waals surface area (Å²) in [7, 11) is 3.69. The van der Waals surface area contributed by atoms with Gasteiger partial charge >= 0.3 is 0 Å². The lowest BCUT2D eigenvalue weighted by molar-refractivity contribution is 0.170. The topological polar surface area (TPSA) is 34.2 Å². The van der Waals surface area contributed by atoms with E-state index in [0.29, 0.717) is 5.92 Å². The van der Waals surface area contributed by atoms with Crippen molar-refractivity contribution in [3.8, 4) is 0 Å². The minimum Gasteiger partial charge on any atom is -0.385 e. The summed E-state index contributed by atoms with van der Waals surface area (Å²) in [5, 5.41) is 3.32. The van der Waals surface area contributed by atoms with Gasteiger partial charge in [-0.25, -0.2) is 0 Å². The summed E-state index contributed by atoms with van der Waals surface area (Å²) in [6, 6.07) is 2.25. The van der Waals surface area contributed by atoms with Crippen molar-refractivity contribution < 1.29 is 4.74 Å². The van der Waals surface area contributed by atoms with E-state index in [1.807, 2.05) is 19.3 Å². The van der Waals surface area contributed by atoms with E-state index in [4.69, 9.17) is 4.74 Å². The molecule has 1 rings (SSSR count). The second-order valence-corrected chi connectivity index (χ2v) is 5.82. The van der Waals surface area contributed by atoms with Gasteiger partial charge < -0.3 is 10.1 Å². The Labute approximate surface area is 120 Å². The Kier molecular flexibility index (Phi) is 6.62. The van der Waals surface area contributed by atoms with Crippen molar-refractivity contribution in [1.82, 2.24) is 10.3 Å². The second kappa shape index (κ2) is 7.46. The lowest BCUT2D eigenvalue weighted by atomic mass is 9.95. The number of halogens is 2. The smallest absolute Gasteiger partial charge is 0.0718 e. The first-order valence-electron chi connectivity index (χ1n) is 5.57. The van der Waals surface area contributed by atoms with Crippen LogP contribution in [0.5, 0.6) is 0 Å². The van der Waals surface area contributed by atoms with Crippen molar-refractivity contribution in [2.24, 2.45) is 5.92 Å². The summed E-state index contributed by atoms with van der Waals surface area (Å²) < 4.78 is 7.13. The number of nitrogens with zero attached hydrogens (tertiary/aromatic N) is 1. The molecule has 0 saturated heterocycles. The van der Waals surface area contributed by atoms with Gasteiger partial charge in [0.25, 0.3) is 0 Å². The SMILES string of the molecule is CNC(c1ncc(Br)cc1Br)C(C)CCOC. The van der Waals surface area contributed by atoms with Gasteiger partial charge in [0.05, 0.1) is 11.7 Å². The number of ether oxygens (including phenoxy) is 1. The third-order valence-electron chi connectivity index (χ3n) is 2.79. The number of pyridine rings is 1. The van der Waals surface area contributed by atoms with Crippen LogP contribution in [0.2, 0.25) is 0 Å². The second-order valence-electron chi connectivity index (χ2n) is 4.05. The Hall–Kier alpha value is 0.0300. The van der Waals surface area contributed by atoms with Crippen molar-refractivity contribution in [3.63, 3.8) is 0 Å². The van der Waals surface area contributed by atoms with Crippen molar-refractivity contribution in [3.05, 3.63) is 26.9 Å². The molecule has 1 N–H and O–H groups in total. The van der Waals surface area contributed by atoms with E-state index < -0.39 is 0 Å². The molecule has 1 aromatic heterocycles. The molecule has 0 spiro atoms. The highest BCUT2D eigenvalue weighted by molar-refractivity contribution is 9.11. The van der Waals surface area contributed by atoms with Gasteiger partial charge in [-0.2, -0.15) is 0 Å². The molecule has 1 heterocycles. The largest absolute Gasteiger partial charge is 0.385 e. The number of hydrogen-bond donors (Lipinski definition) is 1. The first kappa shape index (κ1) is 15.1. The summed E-state index contributed by atoms with van der Waals surface area (Å²) in [6.07, 6.45) is 2.83. The normalized spacial score (nSPS) is 14.6. The summed E-state index contributed by atoms with van der Waals surface area (Å²) in [5.41, 5.74) is 1.04. The minimum atomic E-state index is 0.229. The van der Waals surface area contributed by atoms with Crippen LogP contribution in [-0.2, 0) is 4.74 Å². The molecule has 0 amide bonds. The molecule has 17 heavy (non-hydrogen) atoms.